The van der Waals surface area contributed by atoms with Crippen molar-refractivity contribution in [3.63, 3.8) is 0 Å². The smallest absolute Gasteiger partial charge is 0.0237 e. The summed E-state index contributed by atoms with van der Waals surface area (Å²) in [6.45, 7) is 4.67. The highest BCUT2D eigenvalue weighted by Crippen LogP contribution is 2.14. The highest BCUT2D eigenvalue weighted by Gasteiger charge is 2.06. The Morgan fingerprint density at radius 3 is 2.00 bits per heavy atom. The third-order valence-electron chi connectivity index (χ3n) is 3.48. The van der Waals surface area contributed by atoms with Crippen LogP contribution in [-0.2, 0) is 19.6 Å². The van der Waals surface area contributed by atoms with Crippen LogP contribution in [0.25, 0.3) is 0 Å². The van der Waals surface area contributed by atoms with Crippen molar-refractivity contribution in [2.75, 3.05) is 7.05 Å². The molecule has 0 fully saturated rings. The van der Waals surface area contributed by atoms with Crippen LogP contribution in [0.3, 0.4) is 0 Å². The van der Waals surface area contributed by atoms with Crippen molar-refractivity contribution >= 4 is 0 Å². The van der Waals surface area contributed by atoms with Crippen molar-refractivity contribution in [3.05, 3.63) is 70.8 Å². The molecule has 0 aliphatic carbocycles. The first-order valence-electron chi connectivity index (χ1n) is 6.70. The topological polar surface area (TPSA) is 29.3 Å². The van der Waals surface area contributed by atoms with E-state index in [-0.39, 0.29) is 0 Å². The van der Waals surface area contributed by atoms with E-state index in [1.165, 1.54) is 22.3 Å². The van der Waals surface area contributed by atoms with Crippen molar-refractivity contribution in [1.82, 2.24) is 4.90 Å². The van der Waals surface area contributed by atoms with Crippen molar-refractivity contribution in [2.24, 2.45) is 5.73 Å². The highest BCUT2D eigenvalue weighted by molar-refractivity contribution is 5.28. The van der Waals surface area contributed by atoms with Gasteiger partial charge < -0.3 is 5.73 Å². The Kier molecular flexibility index (Phi) is 4.72. The fourth-order valence-corrected chi connectivity index (χ4v) is 2.34. The van der Waals surface area contributed by atoms with Gasteiger partial charge in [0.15, 0.2) is 0 Å². The lowest BCUT2D eigenvalue weighted by Crippen LogP contribution is -2.19. The number of rotatable bonds is 5. The first-order chi connectivity index (χ1) is 9.20. The van der Waals surface area contributed by atoms with Gasteiger partial charge in [-0.25, -0.2) is 0 Å². The van der Waals surface area contributed by atoms with Crippen LogP contribution < -0.4 is 5.73 Å². The Morgan fingerprint density at radius 1 is 0.842 bits per heavy atom. The number of aryl methyl sites for hydroxylation is 1. The SMILES string of the molecule is Cc1ccccc1CN(C)Cc1ccccc1CN. The second-order valence-electron chi connectivity index (χ2n) is 5.07. The summed E-state index contributed by atoms with van der Waals surface area (Å²) in [5.41, 5.74) is 11.1. The summed E-state index contributed by atoms with van der Waals surface area (Å²) >= 11 is 0. The molecule has 0 heterocycles. The monoisotopic (exact) mass is 254 g/mol. The minimum Gasteiger partial charge on any atom is -0.326 e. The highest BCUT2D eigenvalue weighted by atomic mass is 15.1. The molecule has 0 atom stereocenters. The van der Waals surface area contributed by atoms with E-state index in [1.54, 1.807) is 0 Å². The Balaban J connectivity index is 2.05. The van der Waals surface area contributed by atoms with Gasteiger partial charge in [-0.2, -0.15) is 0 Å². The second-order valence-corrected chi connectivity index (χ2v) is 5.07. The van der Waals surface area contributed by atoms with Gasteiger partial charge in [-0.05, 0) is 36.2 Å². The molecule has 0 saturated heterocycles. The molecule has 0 bridgehead atoms. The molecule has 0 amide bonds. The third kappa shape index (κ3) is 3.66. The van der Waals surface area contributed by atoms with Gasteiger partial charge in [0.25, 0.3) is 0 Å². The Bertz CT molecular complexity index is 534. The van der Waals surface area contributed by atoms with E-state index >= 15 is 0 Å². The van der Waals surface area contributed by atoms with Gasteiger partial charge in [-0.3, -0.25) is 4.90 Å². The molecule has 100 valence electrons. The van der Waals surface area contributed by atoms with Crippen LogP contribution in [0.4, 0.5) is 0 Å². The molecular formula is C17H22N2. The summed E-state index contributed by atoms with van der Waals surface area (Å²) in [5, 5.41) is 0. The molecule has 0 aliphatic heterocycles. The Morgan fingerprint density at radius 2 is 1.37 bits per heavy atom. The van der Waals surface area contributed by atoms with Gasteiger partial charge in [-0.1, -0.05) is 48.5 Å². The van der Waals surface area contributed by atoms with Gasteiger partial charge in [0.05, 0.1) is 0 Å². The predicted molar refractivity (Wildman–Crippen MR) is 80.7 cm³/mol. The maximum atomic E-state index is 5.78. The van der Waals surface area contributed by atoms with Crippen LogP contribution in [0.2, 0.25) is 0 Å². The molecule has 19 heavy (non-hydrogen) atoms. The minimum absolute atomic E-state index is 0.606. The first-order valence-corrected chi connectivity index (χ1v) is 6.70. The first kappa shape index (κ1) is 13.8. The molecule has 2 aromatic rings. The molecule has 2 aromatic carbocycles. The molecule has 2 nitrogen and oxygen atoms in total. The van der Waals surface area contributed by atoms with E-state index in [2.05, 4.69) is 61.3 Å². The molecule has 0 spiro atoms. The molecule has 0 unspecified atom stereocenters. The van der Waals surface area contributed by atoms with Crippen molar-refractivity contribution in [3.8, 4) is 0 Å². The quantitative estimate of drug-likeness (QED) is 0.888. The predicted octanol–water partition coefficient (Wildman–Crippen LogP) is 3.09. The maximum absolute atomic E-state index is 5.78. The zero-order valence-electron chi connectivity index (χ0n) is 11.8. The van der Waals surface area contributed by atoms with Crippen molar-refractivity contribution in [1.29, 1.82) is 0 Å². The van der Waals surface area contributed by atoms with Gasteiger partial charge >= 0.3 is 0 Å². The van der Waals surface area contributed by atoms with E-state index in [4.69, 9.17) is 5.73 Å². The summed E-state index contributed by atoms with van der Waals surface area (Å²) in [6, 6.07) is 16.9. The maximum Gasteiger partial charge on any atom is 0.0237 e. The lowest BCUT2D eigenvalue weighted by molar-refractivity contribution is 0.317. The van der Waals surface area contributed by atoms with Gasteiger partial charge in [0.2, 0.25) is 0 Å². The summed E-state index contributed by atoms with van der Waals surface area (Å²) < 4.78 is 0. The molecule has 0 aromatic heterocycles. The number of hydrogen-bond donors (Lipinski definition) is 1. The van der Waals surface area contributed by atoms with E-state index in [1.807, 2.05) is 6.07 Å². The van der Waals surface area contributed by atoms with Crippen LogP contribution in [0.1, 0.15) is 22.3 Å². The number of nitrogens with two attached hydrogens (primary N) is 1. The molecule has 0 saturated carbocycles. The normalized spacial score (nSPS) is 10.9. The van der Waals surface area contributed by atoms with Crippen LogP contribution in [0, 0.1) is 6.92 Å². The zero-order chi connectivity index (χ0) is 13.7. The fraction of sp³-hybridized carbons (Fsp3) is 0.294. The third-order valence-corrected chi connectivity index (χ3v) is 3.48. The van der Waals surface area contributed by atoms with Crippen LogP contribution in [-0.4, -0.2) is 11.9 Å². The molecule has 2 heteroatoms. The number of nitrogens with zero attached hydrogens (tertiary/aromatic N) is 1. The van der Waals surface area contributed by atoms with Crippen LogP contribution >= 0.6 is 0 Å². The zero-order valence-corrected chi connectivity index (χ0v) is 11.8. The van der Waals surface area contributed by atoms with Crippen molar-refractivity contribution in [2.45, 2.75) is 26.6 Å². The largest absolute Gasteiger partial charge is 0.326 e. The van der Waals surface area contributed by atoms with Gasteiger partial charge in [0.1, 0.15) is 0 Å². The summed E-state index contributed by atoms with van der Waals surface area (Å²) in [4.78, 5) is 2.33. The van der Waals surface area contributed by atoms with Crippen molar-refractivity contribution < 1.29 is 0 Å². The van der Waals surface area contributed by atoms with E-state index in [0.717, 1.165) is 13.1 Å². The number of benzene rings is 2. The lowest BCUT2D eigenvalue weighted by Gasteiger charge is -2.19. The molecular weight excluding hydrogens is 232 g/mol. The van der Waals surface area contributed by atoms with Crippen LogP contribution in [0.5, 0.6) is 0 Å². The van der Waals surface area contributed by atoms with E-state index < -0.39 is 0 Å². The molecule has 0 radical (unpaired) electrons. The molecule has 2 rings (SSSR count). The Labute approximate surface area is 115 Å². The van der Waals surface area contributed by atoms with E-state index in [9.17, 15) is 0 Å². The number of hydrogen-bond acceptors (Lipinski definition) is 2. The average molecular weight is 254 g/mol. The summed E-state index contributed by atoms with van der Waals surface area (Å²) in [6.07, 6.45) is 0. The fourth-order valence-electron chi connectivity index (χ4n) is 2.34. The Hall–Kier alpha value is -1.64. The average Bonchev–Trinajstić information content (AvgIpc) is 2.42. The minimum atomic E-state index is 0.606. The van der Waals surface area contributed by atoms with Crippen LogP contribution in [0.15, 0.2) is 48.5 Å². The summed E-state index contributed by atoms with van der Waals surface area (Å²) in [7, 11) is 2.15. The molecule has 0 aliphatic rings. The lowest BCUT2D eigenvalue weighted by atomic mass is 10.1. The summed E-state index contributed by atoms with van der Waals surface area (Å²) in [5.74, 6) is 0. The second kappa shape index (κ2) is 6.50. The standard InChI is InChI=1S/C17H22N2/c1-14-7-3-4-9-16(14)12-19(2)13-17-10-6-5-8-15(17)11-18/h3-10H,11-13,18H2,1-2H3. The van der Waals surface area contributed by atoms with Gasteiger partial charge in [-0.15, -0.1) is 0 Å². The molecule has 2 N–H and O–H groups in total. The van der Waals surface area contributed by atoms with Gasteiger partial charge in [0, 0.05) is 19.6 Å². The van der Waals surface area contributed by atoms with E-state index in [0.29, 0.717) is 6.54 Å².